The zero-order valence-electron chi connectivity index (χ0n) is 14.2. The van der Waals surface area contributed by atoms with E-state index in [-0.39, 0.29) is 12.7 Å². The maximum Gasteiger partial charge on any atom is 0.231 e. The number of hydrogen-bond acceptors (Lipinski definition) is 6. The fourth-order valence-corrected chi connectivity index (χ4v) is 3.21. The van der Waals surface area contributed by atoms with E-state index in [1.807, 2.05) is 36.1 Å². The van der Waals surface area contributed by atoms with Crippen molar-refractivity contribution in [2.24, 2.45) is 0 Å². The van der Waals surface area contributed by atoms with Crippen LogP contribution in [0, 0.1) is 6.92 Å². The Balaban J connectivity index is 1.29. The van der Waals surface area contributed by atoms with Crippen LogP contribution in [0.3, 0.4) is 0 Å². The fourth-order valence-electron chi connectivity index (χ4n) is 3.21. The summed E-state index contributed by atoms with van der Waals surface area (Å²) in [5.41, 5.74) is 1.90. The SMILES string of the molecule is Cc1cc(CN2CCN(C(=O)Cc3ccc4c(c3)OCO4)CC2)no1. The largest absolute Gasteiger partial charge is 0.454 e. The van der Waals surface area contributed by atoms with E-state index in [0.29, 0.717) is 6.42 Å². The van der Waals surface area contributed by atoms with Crippen molar-refractivity contribution >= 4 is 5.91 Å². The van der Waals surface area contributed by atoms with E-state index in [2.05, 4.69) is 10.1 Å². The summed E-state index contributed by atoms with van der Waals surface area (Å²) in [7, 11) is 0. The summed E-state index contributed by atoms with van der Waals surface area (Å²) in [6.45, 7) is 6.07. The van der Waals surface area contributed by atoms with Crippen molar-refractivity contribution in [1.82, 2.24) is 15.0 Å². The first-order valence-corrected chi connectivity index (χ1v) is 8.48. The summed E-state index contributed by atoms with van der Waals surface area (Å²) in [5, 5.41) is 4.03. The van der Waals surface area contributed by atoms with E-state index in [4.69, 9.17) is 14.0 Å². The van der Waals surface area contributed by atoms with E-state index in [9.17, 15) is 4.79 Å². The molecular formula is C18H21N3O4. The Bertz CT molecular complexity index is 765. The fraction of sp³-hybridized carbons (Fsp3) is 0.444. The van der Waals surface area contributed by atoms with Crippen LogP contribution in [0.5, 0.6) is 11.5 Å². The third-order valence-corrected chi connectivity index (χ3v) is 4.58. The van der Waals surface area contributed by atoms with Gasteiger partial charge in [0.25, 0.3) is 0 Å². The van der Waals surface area contributed by atoms with Gasteiger partial charge in [-0.05, 0) is 24.6 Å². The molecule has 1 aromatic heterocycles. The quantitative estimate of drug-likeness (QED) is 0.840. The lowest BCUT2D eigenvalue weighted by Crippen LogP contribution is -2.48. The van der Waals surface area contributed by atoms with Crippen molar-refractivity contribution in [3.05, 3.63) is 41.3 Å². The second-order valence-corrected chi connectivity index (χ2v) is 6.45. The molecule has 132 valence electrons. The number of carbonyl (C=O) groups excluding carboxylic acids is 1. The van der Waals surface area contributed by atoms with Crippen LogP contribution in [0.2, 0.25) is 0 Å². The topological polar surface area (TPSA) is 68.0 Å². The predicted molar refractivity (Wildman–Crippen MR) is 89.4 cm³/mol. The molecule has 7 nitrogen and oxygen atoms in total. The summed E-state index contributed by atoms with van der Waals surface area (Å²) >= 11 is 0. The maximum absolute atomic E-state index is 12.5. The highest BCUT2D eigenvalue weighted by Gasteiger charge is 2.22. The molecule has 1 saturated heterocycles. The van der Waals surface area contributed by atoms with Gasteiger partial charge in [-0.25, -0.2) is 0 Å². The minimum absolute atomic E-state index is 0.149. The Morgan fingerprint density at radius 2 is 1.92 bits per heavy atom. The molecule has 0 bridgehead atoms. The van der Waals surface area contributed by atoms with Gasteiger partial charge in [0.15, 0.2) is 11.5 Å². The number of nitrogens with zero attached hydrogens (tertiary/aromatic N) is 3. The minimum atomic E-state index is 0.149. The molecule has 2 aromatic rings. The van der Waals surface area contributed by atoms with Gasteiger partial charge in [-0.2, -0.15) is 0 Å². The molecule has 0 saturated carbocycles. The number of benzene rings is 1. The van der Waals surface area contributed by atoms with Crippen LogP contribution in [0.1, 0.15) is 17.0 Å². The van der Waals surface area contributed by atoms with Gasteiger partial charge >= 0.3 is 0 Å². The molecule has 2 aliphatic heterocycles. The van der Waals surface area contributed by atoms with Crippen LogP contribution in [0.4, 0.5) is 0 Å². The lowest BCUT2D eigenvalue weighted by atomic mass is 10.1. The summed E-state index contributed by atoms with van der Waals surface area (Å²) in [5.74, 6) is 2.44. The predicted octanol–water partition coefficient (Wildman–Crippen LogP) is 1.60. The van der Waals surface area contributed by atoms with Gasteiger partial charge in [0, 0.05) is 38.8 Å². The standard InChI is InChI=1S/C18H21N3O4/c1-13-8-15(19-25-13)11-20-4-6-21(7-5-20)18(22)10-14-2-3-16-17(9-14)24-12-23-16/h2-3,8-9H,4-7,10-12H2,1H3. The molecule has 0 unspecified atom stereocenters. The molecule has 0 N–H and O–H groups in total. The molecule has 1 aromatic carbocycles. The van der Waals surface area contributed by atoms with Crippen LogP contribution in [0.25, 0.3) is 0 Å². The molecule has 1 amide bonds. The van der Waals surface area contributed by atoms with Crippen LogP contribution in [0.15, 0.2) is 28.8 Å². The average molecular weight is 343 g/mol. The Morgan fingerprint density at radius 3 is 2.68 bits per heavy atom. The summed E-state index contributed by atoms with van der Waals surface area (Å²) in [6.07, 6.45) is 0.388. The van der Waals surface area contributed by atoms with Gasteiger partial charge in [-0.3, -0.25) is 9.69 Å². The molecule has 1 fully saturated rings. The van der Waals surface area contributed by atoms with E-state index in [0.717, 1.165) is 61.2 Å². The van der Waals surface area contributed by atoms with Crippen LogP contribution in [-0.4, -0.2) is 53.8 Å². The van der Waals surface area contributed by atoms with Crippen molar-refractivity contribution in [2.45, 2.75) is 19.9 Å². The lowest BCUT2D eigenvalue weighted by molar-refractivity contribution is -0.132. The molecular weight excluding hydrogens is 322 g/mol. The van der Waals surface area contributed by atoms with Crippen molar-refractivity contribution < 1.29 is 18.8 Å². The van der Waals surface area contributed by atoms with Crippen LogP contribution < -0.4 is 9.47 Å². The van der Waals surface area contributed by atoms with E-state index < -0.39 is 0 Å². The van der Waals surface area contributed by atoms with E-state index in [1.165, 1.54) is 0 Å². The first kappa shape index (κ1) is 16.0. The highest BCUT2D eigenvalue weighted by Crippen LogP contribution is 2.32. The summed E-state index contributed by atoms with van der Waals surface area (Å²) in [4.78, 5) is 16.8. The highest BCUT2D eigenvalue weighted by molar-refractivity contribution is 5.79. The molecule has 3 heterocycles. The zero-order valence-corrected chi connectivity index (χ0v) is 14.2. The Hall–Kier alpha value is -2.54. The Morgan fingerprint density at radius 1 is 1.12 bits per heavy atom. The molecule has 25 heavy (non-hydrogen) atoms. The molecule has 4 rings (SSSR count). The number of ether oxygens (including phenoxy) is 2. The van der Waals surface area contributed by atoms with Gasteiger partial charge in [0.1, 0.15) is 5.76 Å². The third-order valence-electron chi connectivity index (χ3n) is 4.58. The molecule has 0 atom stereocenters. The molecule has 2 aliphatic rings. The smallest absolute Gasteiger partial charge is 0.231 e. The van der Waals surface area contributed by atoms with Gasteiger partial charge in [-0.15, -0.1) is 0 Å². The Kier molecular flexibility index (Phi) is 4.31. The van der Waals surface area contributed by atoms with Crippen molar-refractivity contribution in [3.63, 3.8) is 0 Å². The monoisotopic (exact) mass is 343 g/mol. The molecule has 0 spiro atoms. The second kappa shape index (κ2) is 6.76. The summed E-state index contributed by atoms with van der Waals surface area (Å²) in [6, 6.07) is 7.64. The number of rotatable bonds is 4. The lowest BCUT2D eigenvalue weighted by Gasteiger charge is -2.34. The van der Waals surface area contributed by atoms with Gasteiger partial charge in [-0.1, -0.05) is 11.2 Å². The molecule has 0 radical (unpaired) electrons. The van der Waals surface area contributed by atoms with Gasteiger partial charge in [0.2, 0.25) is 12.7 Å². The number of aromatic nitrogens is 1. The first-order valence-electron chi connectivity index (χ1n) is 8.48. The van der Waals surface area contributed by atoms with E-state index in [1.54, 1.807) is 0 Å². The highest BCUT2D eigenvalue weighted by atomic mass is 16.7. The van der Waals surface area contributed by atoms with Crippen molar-refractivity contribution in [2.75, 3.05) is 33.0 Å². The van der Waals surface area contributed by atoms with Crippen molar-refractivity contribution in [1.29, 1.82) is 0 Å². The summed E-state index contributed by atoms with van der Waals surface area (Å²) < 4.78 is 15.8. The van der Waals surface area contributed by atoms with Gasteiger partial charge in [0.05, 0.1) is 12.1 Å². The van der Waals surface area contributed by atoms with Crippen molar-refractivity contribution in [3.8, 4) is 11.5 Å². The number of amides is 1. The number of fused-ring (bicyclic) bond motifs is 1. The van der Waals surface area contributed by atoms with Crippen LogP contribution in [-0.2, 0) is 17.8 Å². The average Bonchev–Trinajstić information content (AvgIpc) is 3.24. The molecule has 7 heteroatoms. The zero-order chi connectivity index (χ0) is 17.2. The second-order valence-electron chi connectivity index (χ2n) is 6.45. The number of aryl methyl sites for hydroxylation is 1. The number of hydrogen-bond donors (Lipinski definition) is 0. The maximum atomic E-state index is 12.5. The van der Waals surface area contributed by atoms with Crippen LogP contribution >= 0.6 is 0 Å². The normalized spacial score (nSPS) is 17.1. The minimum Gasteiger partial charge on any atom is -0.454 e. The third kappa shape index (κ3) is 3.61. The Labute approximate surface area is 146 Å². The number of piperazine rings is 1. The first-order chi connectivity index (χ1) is 12.2. The molecule has 0 aliphatic carbocycles. The van der Waals surface area contributed by atoms with E-state index >= 15 is 0 Å². The van der Waals surface area contributed by atoms with Gasteiger partial charge < -0.3 is 18.9 Å². The number of carbonyl (C=O) groups is 1.